The van der Waals surface area contributed by atoms with E-state index in [0.717, 1.165) is 35.5 Å². The third kappa shape index (κ3) is 3.61. The van der Waals surface area contributed by atoms with E-state index in [-0.39, 0.29) is 30.9 Å². The lowest BCUT2D eigenvalue weighted by Gasteiger charge is -2.36. The average Bonchev–Trinajstić information content (AvgIpc) is 3.49. The van der Waals surface area contributed by atoms with E-state index in [0.29, 0.717) is 31.1 Å². The standard InChI is InChI=1S/C25H24N4O4/c30-24-13-18(15-29(24)19-6-7-21-22(14-19)33-16-32-21)25(31)28-11-9-27(10-12-28)23-8-5-17-3-1-2-4-20(17)26-23/h1-8,14,18H,9-13,15-16H2. The number of pyridine rings is 1. The van der Waals surface area contributed by atoms with Crippen LogP contribution in [0.15, 0.2) is 54.6 Å². The highest BCUT2D eigenvalue weighted by Gasteiger charge is 2.38. The van der Waals surface area contributed by atoms with Crippen molar-refractivity contribution >= 4 is 34.2 Å². The summed E-state index contributed by atoms with van der Waals surface area (Å²) in [7, 11) is 0. The minimum Gasteiger partial charge on any atom is -0.454 e. The normalized spacial score (nSPS) is 20.1. The SMILES string of the molecule is O=C(C1CC(=O)N(c2ccc3c(c2)OCO3)C1)N1CCN(c2ccc3ccccc3n2)CC1. The van der Waals surface area contributed by atoms with Gasteiger partial charge < -0.3 is 24.2 Å². The molecule has 2 fully saturated rings. The van der Waals surface area contributed by atoms with Gasteiger partial charge in [0.25, 0.3) is 0 Å². The van der Waals surface area contributed by atoms with Crippen LogP contribution in [0, 0.1) is 5.92 Å². The zero-order valence-corrected chi connectivity index (χ0v) is 18.1. The molecule has 0 saturated carbocycles. The highest BCUT2D eigenvalue weighted by molar-refractivity contribution is 6.00. The Labute approximate surface area is 191 Å². The quantitative estimate of drug-likeness (QED) is 0.618. The fourth-order valence-corrected chi connectivity index (χ4v) is 4.82. The molecule has 3 aliphatic rings. The van der Waals surface area contributed by atoms with Crippen molar-refractivity contribution in [1.82, 2.24) is 9.88 Å². The maximum atomic E-state index is 13.2. The van der Waals surface area contributed by atoms with Crippen molar-refractivity contribution in [3.05, 3.63) is 54.6 Å². The fraction of sp³-hybridized carbons (Fsp3) is 0.320. The maximum Gasteiger partial charge on any atom is 0.231 e. The third-order valence-electron chi connectivity index (χ3n) is 6.64. The number of anilines is 2. The summed E-state index contributed by atoms with van der Waals surface area (Å²) in [5.41, 5.74) is 1.72. The van der Waals surface area contributed by atoms with E-state index in [4.69, 9.17) is 14.5 Å². The van der Waals surface area contributed by atoms with Gasteiger partial charge in [-0.25, -0.2) is 4.98 Å². The second-order valence-corrected chi connectivity index (χ2v) is 8.62. The minimum absolute atomic E-state index is 0.0359. The van der Waals surface area contributed by atoms with Crippen molar-refractivity contribution < 1.29 is 19.1 Å². The first-order valence-corrected chi connectivity index (χ1v) is 11.3. The van der Waals surface area contributed by atoms with Crippen molar-refractivity contribution in [3.8, 4) is 11.5 Å². The van der Waals surface area contributed by atoms with Crippen LogP contribution in [0.1, 0.15) is 6.42 Å². The van der Waals surface area contributed by atoms with E-state index in [1.165, 1.54) is 0 Å². The Morgan fingerprint density at radius 2 is 1.76 bits per heavy atom. The second-order valence-electron chi connectivity index (χ2n) is 8.62. The van der Waals surface area contributed by atoms with Crippen LogP contribution in [0.3, 0.4) is 0 Å². The summed E-state index contributed by atoms with van der Waals surface area (Å²) < 4.78 is 10.8. The molecule has 2 amide bonds. The van der Waals surface area contributed by atoms with Gasteiger partial charge in [0.15, 0.2) is 11.5 Å². The Kier molecular flexibility index (Phi) is 4.78. The van der Waals surface area contributed by atoms with E-state index >= 15 is 0 Å². The molecule has 33 heavy (non-hydrogen) atoms. The van der Waals surface area contributed by atoms with Crippen molar-refractivity contribution in [2.75, 3.05) is 49.3 Å². The molecule has 0 aliphatic carbocycles. The summed E-state index contributed by atoms with van der Waals surface area (Å²) >= 11 is 0. The van der Waals surface area contributed by atoms with Crippen LogP contribution >= 0.6 is 0 Å². The molecular formula is C25H24N4O4. The highest BCUT2D eigenvalue weighted by Crippen LogP contribution is 2.37. The fourth-order valence-electron chi connectivity index (χ4n) is 4.82. The molecule has 4 heterocycles. The molecule has 1 aromatic heterocycles. The van der Waals surface area contributed by atoms with Crippen molar-refractivity contribution in [3.63, 3.8) is 0 Å². The topological polar surface area (TPSA) is 75.2 Å². The number of benzene rings is 2. The monoisotopic (exact) mass is 444 g/mol. The lowest BCUT2D eigenvalue weighted by atomic mass is 10.1. The van der Waals surface area contributed by atoms with Crippen molar-refractivity contribution in [1.29, 1.82) is 0 Å². The first kappa shape index (κ1) is 19.8. The highest BCUT2D eigenvalue weighted by atomic mass is 16.7. The van der Waals surface area contributed by atoms with Gasteiger partial charge in [-0.05, 0) is 30.3 Å². The molecular weight excluding hydrogens is 420 g/mol. The summed E-state index contributed by atoms with van der Waals surface area (Å²) in [6, 6.07) is 17.7. The molecule has 1 unspecified atom stereocenters. The van der Waals surface area contributed by atoms with Crippen LogP contribution in [0.25, 0.3) is 10.9 Å². The number of hydrogen-bond acceptors (Lipinski definition) is 6. The number of fused-ring (bicyclic) bond motifs is 2. The number of hydrogen-bond donors (Lipinski definition) is 0. The molecule has 168 valence electrons. The molecule has 6 rings (SSSR count). The van der Waals surface area contributed by atoms with Gasteiger partial charge in [0.1, 0.15) is 5.82 Å². The number of aromatic nitrogens is 1. The van der Waals surface area contributed by atoms with Gasteiger partial charge in [-0.1, -0.05) is 18.2 Å². The van der Waals surface area contributed by atoms with Crippen molar-refractivity contribution in [2.45, 2.75) is 6.42 Å². The van der Waals surface area contributed by atoms with Crippen LogP contribution in [0.2, 0.25) is 0 Å². The lowest BCUT2D eigenvalue weighted by molar-refractivity contribution is -0.136. The Balaban J connectivity index is 1.10. The maximum absolute atomic E-state index is 13.2. The summed E-state index contributed by atoms with van der Waals surface area (Å²) in [4.78, 5) is 36.4. The summed E-state index contributed by atoms with van der Waals surface area (Å²) in [5, 5.41) is 1.12. The van der Waals surface area contributed by atoms with Gasteiger partial charge >= 0.3 is 0 Å². The number of piperazine rings is 1. The first-order chi connectivity index (χ1) is 16.2. The second kappa shape index (κ2) is 7.95. The number of ether oxygens (including phenoxy) is 2. The molecule has 3 aliphatic heterocycles. The zero-order valence-electron chi connectivity index (χ0n) is 18.1. The Morgan fingerprint density at radius 3 is 2.64 bits per heavy atom. The van der Waals surface area contributed by atoms with Crippen LogP contribution in [0.4, 0.5) is 11.5 Å². The molecule has 0 spiro atoms. The molecule has 3 aromatic rings. The largest absolute Gasteiger partial charge is 0.454 e. The Morgan fingerprint density at radius 1 is 0.939 bits per heavy atom. The Bertz CT molecular complexity index is 1240. The van der Waals surface area contributed by atoms with Crippen LogP contribution in [-0.4, -0.2) is 61.2 Å². The summed E-state index contributed by atoms with van der Waals surface area (Å²) in [5.74, 6) is 1.94. The van der Waals surface area contributed by atoms with E-state index < -0.39 is 0 Å². The Hall–Kier alpha value is -3.81. The number of carbonyl (C=O) groups excluding carboxylic acids is 2. The summed E-state index contributed by atoms with van der Waals surface area (Å²) in [6.45, 7) is 3.29. The molecule has 2 aromatic carbocycles. The summed E-state index contributed by atoms with van der Waals surface area (Å²) in [6.07, 6.45) is 0.236. The van der Waals surface area contributed by atoms with E-state index in [9.17, 15) is 9.59 Å². The molecule has 0 radical (unpaired) electrons. The van der Waals surface area contributed by atoms with E-state index in [2.05, 4.69) is 17.0 Å². The zero-order chi connectivity index (χ0) is 22.4. The number of carbonyl (C=O) groups is 2. The van der Waals surface area contributed by atoms with E-state index in [1.54, 1.807) is 11.0 Å². The number of amides is 2. The van der Waals surface area contributed by atoms with Crippen LogP contribution in [0.5, 0.6) is 11.5 Å². The first-order valence-electron chi connectivity index (χ1n) is 11.3. The smallest absolute Gasteiger partial charge is 0.231 e. The number of para-hydroxylation sites is 1. The molecule has 1 atom stereocenters. The predicted molar refractivity (Wildman–Crippen MR) is 124 cm³/mol. The minimum atomic E-state index is -0.326. The average molecular weight is 444 g/mol. The number of rotatable bonds is 3. The molecule has 0 N–H and O–H groups in total. The molecule has 2 saturated heterocycles. The van der Waals surface area contributed by atoms with Gasteiger partial charge in [-0.15, -0.1) is 0 Å². The van der Waals surface area contributed by atoms with E-state index in [1.807, 2.05) is 41.3 Å². The molecule has 8 nitrogen and oxygen atoms in total. The van der Waals surface area contributed by atoms with Crippen LogP contribution < -0.4 is 19.3 Å². The van der Waals surface area contributed by atoms with Gasteiger partial charge in [0.2, 0.25) is 18.6 Å². The molecule has 0 bridgehead atoms. The van der Waals surface area contributed by atoms with Gasteiger partial charge in [0, 0.05) is 56.3 Å². The van der Waals surface area contributed by atoms with Gasteiger partial charge in [-0.3, -0.25) is 9.59 Å². The van der Waals surface area contributed by atoms with Gasteiger partial charge in [-0.2, -0.15) is 0 Å². The van der Waals surface area contributed by atoms with Crippen LogP contribution in [-0.2, 0) is 9.59 Å². The molecule has 8 heteroatoms. The van der Waals surface area contributed by atoms with Crippen molar-refractivity contribution in [2.24, 2.45) is 5.92 Å². The number of nitrogens with zero attached hydrogens (tertiary/aromatic N) is 4. The third-order valence-corrected chi connectivity index (χ3v) is 6.64. The lowest BCUT2D eigenvalue weighted by Crippen LogP contribution is -2.51. The predicted octanol–water partition coefficient (Wildman–Crippen LogP) is 2.67. The van der Waals surface area contributed by atoms with Gasteiger partial charge in [0.05, 0.1) is 11.4 Å².